The third-order valence-corrected chi connectivity index (χ3v) is 7.24. The molecule has 0 radical (unpaired) electrons. The molecule has 3 fully saturated rings. The number of hydrogen-bond acceptors (Lipinski definition) is 4. The smallest absolute Gasteiger partial charge is 0.325 e. The van der Waals surface area contributed by atoms with Gasteiger partial charge in [-0.3, -0.25) is 14.5 Å². The first kappa shape index (κ1) is 20.0. The van der Waals surface area contributed by atoms with Crippen LogP contribution < -0.4 is 5.32 Å². The number of aromatic nitrogens is 2. The van der Waals surface area contributed by atoms with Gasteiger partial charge in [-0.2, -0.15) is 0 Å². The molecule has 1 aromatic carbocycles. The minimum Gasteiger partial charge on any atom is -0.342 e. The lowest BCUT2D eigenvalue weighted by Crippen LogP contribution is -2.50. The number of rotatable bonds is 3. The number of carbonyl (C=O) groups is 3. The number of benzene rings is 1. The van der Waals surface area contributed by atoms with Gasteiger partial charge in [0.25, 0.3) is 5.91 Å². The first-order valence-corrected chi connectivity index (χ1v) is 11.3. The molecule has 3 aliphatic rings. The minimum absolute atomic E-state index is 0.124. The van der Waals surface area contributed by atoms with Gasteiger partial charge in [-0.25, -0.2) is 9.78 Å². The Morgan fingerprint density at radius 3 is 2.74 bits per heavy atom. The number of carbonyl (C=O) groups excluding carboxylic acids is 3. The van der Waals surface area contributed by atoms with Gasteiger partial charge in [-0.1, -0.05) is 19.1 Å². The average Bonchev–Trinajstić information content (AvgIpc) is 3.31. The Hall–Kier alpha value is -2.90. The van der Waals surface area contributed by atoms with E-state index in [1.807, 2.05) is 24.3 Å². The number of imide groups is 1. The van der Waals surface area contributed by atoms with Gasteiger partial charge in [-0.15, -0.1) is 0 Å². The zero-order chi connectivity index (χ0) is 21.6. The predicted octanol–water partition coefficient (Wildman–Crippen LogP) is 2.77. The summed E-state index contributed by atoms with van der Waals surface area (Å²) in [6, 6.07) is 7.47. The number of likely N-dealkylation sites (tertiary alicyclic amines) is 1. The van der Waals surface area contributed by atoms with E-state index in [4.69, 9.17) is 4.98 Å². The van der Waals surface area contributed by atoms with Crippen LogP contribution in [0, 0.1) is 5.92 Å². The molecule has 0 bridgehead atoms. The maximum Gasteiger partial charge on any atom is 0.325 e. The number of hydrogen-bond donors (Lipinski definition) is 2. The van der Waals surface area contributed by atoms with Crippen LogP contribution >= 0.6 is 0 Å². The van der Waals surface area contributed by atoms with Crippen molar-refractivity contribution in [3.05, 3.63) is 30.1 Å². The van der Waals surface area contributed by atoms with Gasteiger partial charge in [0.2, 0.25) is 5.91 Å². The van der Waals surface area contributed by atoms with Crippen molar-refractivity contribution in [1.29, 1.82) is 0 Å². The number of nitrogens with zero attached hydrogens (tertiary/aromatic N) is 3. The molecule has 2 N–H and O–H groups in total. The Morgan fingerprint density at radius 1 is 1.19 bits per heavy atom. The first-order chi connectivity index (χ1) is 14.9. The molecule has 2 aromatic rings. The summed E-state index contributed by atoms with van der Waals surface area (Å²) in [6.45, 7) is 3.17. The van der Waals surface area contributed by atoms with Crippen molar-refractivity contribution in [2.45, 2.75) is 56.9 Å². The number of amides is 4. The third kappa shape index (κ3) is 3.58. The van der Waals surface area contributed by atoms with Crippen LogP contribution in [0.2, 0.25) is 0 Å². The molecule has 1 aromatic heterocycles. The SMILES string of the molecule is CC1CCC2(CC1)NC(=O)N(CC(=O)N1CCCC(c3nc4ccccc4[nH]3)C1)C2=O. The molecule has 31 heavy (non-hydrogen) atoms. The van der Waals surface area contributed by atoms with E-state index >= 15 is 0 Å². The number of urea groups is 1. The van der Waals surface area contributed by atoms with Crippen LogP contribution in [0.1, 0.15) is 57.2 Å². The summed E-state index contributed by atoms with van der Waals surface area (Å²) in [7, 11) is 0. The van der Waals surface area contributed by atoms with E-state index in [0.29, 0.717) is 31.8 Å². The third-order valence-electron chi connectivity index (χ3n) is 7.24. The van der Waals surface area contributed by atoms with Gasteiger partial charge in [-0.05, 0) is 56.6 Å². The monoisotopic (exact) mass is 423 g/mol. The number of piperidine rings is 1. The fourth-order valence-electron chi connectivity index (χ4n) is 5.24. The highest BCUT2D eigenvalue weighted by Crippen LogP contribution is 2.36. The maximum atomic E-state index is 13.1. The molecular weight excluding hydrogens is 394 g/mol. The Kier molecular flexibility index (Phi) is 4.95. The summed E-state index contributed by atoms with van der Waals surface area (Å²) in [5.41, 5.74) is 1.11. The van der Waals surface area contributed by atoms with E-state index in [0.717, 1.165) is 47.4 Å². The highest BCUT2D eigenvalue weighted by atomic mass is 16.2. The van der Waals surface area contributed by atoms with Gasteiger partial charge in [0.1, 0.15) is 17.9 Å². The van der Waals surface area contributed by atoms with Crippen LogP contribution in [0.5, 0.6) is 0 Å². The predicted molar refractivity (Wildman–Crippen MR) is 115 cm³/mol. The first-order valence-electron chi connectivity index (χ1n) is 11.3. The van der Waals surface area contributed by atoms with Gasteiger partial charge >= 0.3 is 6.03 Å². The van der Waals surface area contributed by atoms with Crippen molar-refractivity contribution in [3.8, 4) is 0 Å². The van der Waals surface area contributed by atoms with Crippen LogP contribution in [0.3, 0.4) is 0 Å². The summed E-state index contributed by atoms with van der Waals surface area (Å²) in [5.74, 6) is 1.17. The molecule has 1 unspecified atom stereocenters. The molecule has 8 heteroatoms. The standard InChI is InChI=1S/C23H29N5O3/c1-15-8-10-23(11-9-15)21(30)28(22(31)26-23)14-19(29)27-12-4-5-16(13-27)20-24-17-6-2-3-7-18(17)25-20/h2-3,6-7,15-16H,4-5,8-14H2,1H3,(H,24,25)(H,26,31). The molecular formula is C23H29N5O3. The summed E-state index contributed by atoms with van der Waals surface area (Å²) in [6.07, 6.45) is 4.96. The summed E-state index contributed by atoms with van der Waals surface area (Å²) < 4.78 is 0. The van der Waals surface area contributed by atoms with Crippen LogP contribution in [-0.4, -0.2) is 62.8 Å². The number of imidazole rings is 1. The van der Waals surface area contributed by atoms with Crippen LogP contribution in [-0.2, 0) is 9.59 Å². The lowest BCUT2D eigenvalue weighted by Gasteiger charge is -2.34. The van der Waals surface area contributed by atoms with Crippen LogP contribution in [0.15, 0.2) is 24.3 Å². The topological polar surface area (TPSA) is 98.4 Å². The molecule has 5 rings (SSSR count). The Bertz CT molecular complexity index is 990. The molecule has 2 saturated heterocycles. The number of H-pyrrole nitrogens is 1. The van der Waals surface area contributed by atoms with Gasteiger partial charge < -0.3 is 15.2 Å². The van der Waals surface area contributed by atoms with Crippen molar-refractivity contribution in [1.82, 2.24) is 25.1 Å². The van der Waals surface area contributed by atoms with E-state index < -0.39 is 11.6 Å². The summed E-state index contributed by atoms with van der Waals surface area (Å²) in [4.78, 5) is 49.6. The lowest BCUT2D eigenvalue weighted by molar-refractivity contribution is -0.140. The quantitative estimate of drug-likeness (QED) is 0.742. The van der Waals surface area contributed by atoms with Crippen molar-refractivity contribution >= 4 is 28.9 Å². The normalized spacial score (nSPS) is 29.1. The van der Waals surface area contributed by atoms with Crippen molar-refractivity contribution in [3.63, 3.8) is 0 Å². The number of nitrogens with one attached hydrogen (secondary N) is 2. The molecule has 1 spiro atoms. The van der Waals surface area contributed by atoms with Gasteiger partial charge in [0, 0.05) is 19.0 Å². The van der Waals surface area contributed by atoms with Gasteiger partial charge in [0.15, 0.2) is 0 Å². The Morgan fingerprint density at radius 2 is 1.97 bits per heavy atom. The van der Waals surface area contributed by atoms with E-state index in [-0.39, 0.29) is 24.3 Å². The number of fused-ring (bicyclic) bond motifs is 1. The van der Waals surface area contributed by atoms with Gasteiger partial charge in [0.05, 0.1) is 11.0 Å². The van der Waals surface area contributed by atoms with E-state index in [9.17, 15) is 14.4 Å². The molecule has 2 aliphatic heterocycles. The van der Waals surface area contributed by atoms with Crippen molar-refractivity contribution < 1.29 is 14.4 Å². The second kappa shape index (κ2) is 7.66. The second-order valence-corrected chi connectivity index (χ2v) is 9.40. The zero-order valence-corrected chi connectivity index (χ0v) is 17.9. The van der Waals surface area contributed by atoms with E-state index in [1.165, 1.54) is 0 Å². The van der Waals surface area contributed by atoms with Crippen molar-refractivity contribution in [2.75, 3.05) is 19.6 Å². The maximum absolute atomic E-state index is 13.1. The highest BCUT2D eigenvalue weighted by molar-refractivity contribution is 6.09. The highest BCUT2D eigenvalue weighted by Gasteiger charge is 2.52. The summed E-state index contributed by atoms with van der Waals surface area (Å²) in [5, 5.41) is 2.90. The Balaban J connectivity index is 1.26. The minimum atomic E-state index is -0.803. The second-order valence-electron chi connectivity index (χ2n) is 9.40. The van der Waals surface area contributed by atoms with E-state index in [2.05, 4.69) is 17.2 Å². The van der Waals surface area contributed by atoms with E-state index in [1.54, 1.807) is 4.90 Å². The average molecular weight is 424 g/mol. The lowest BCUT2D eigenvalue weighted by atomic mass is 9.77. The number of para-hydroxylation sites is 2. The molecule has 3 heterocycles. The molecule has 8 nitrogen and oxygen atoms in total. The fraction of sp³-hybridized carbons (Fsp3) is 0.565. The summed E-state index contributed by atoms with van der Waals surface area (Å²) >= 11 is 0. The molecule has 1 aliphatic carbocycles. The molecule has 1 saturated carbocycles. The van der Waals surface area contributed by atoms with Crippen LogP contribution in [0.25, 0.3) is 11.0 Å². The molecule has 1 atom stereocenters. The van der Waals surface area contributed by atoms with Crippen LogP contribution in [0.4, 0.5) is 4.79 Å². The van der Waals surface area contributed by atoms with Crippen molar-refractivity contribution in [2.24, 2.45) is 5.92 Å². The Labute approximate surface area is 181 Å². The zero-order valence-electron chi connectivity index (χ0n) is 17.9. The molecule has 164 valence electrons. The largest absolute Gasteiger partial charge is 0.342 e. The molecule has 4 amide bonds. The number of aromatic amines is 1. The fourth-order valence-corrected chi connectivity index (χ4v) is 5.24.